The van der Waals surface area contributed by atoms with Gasteiger partial charge in [-0.2, -0.15) is 0 Å². The molecule has 1 aliphatic heterocycles. The number of carbonyl (C=O) groups is 1. The predicted molar refractivity (Wildman–Crippen MR) is 114 cm³/mol. The Morgan fingerprint density at radius 1 is 1.19 bits per heavy atom. The maximum absolute atomic E-state index is 12.2. The Kier molecular flexibility index (Phi) is 4.50. The van der Waals surface area contributed by atoms with E-state index in [1.165, 1.54) is 29.3 Å². The molecule has 1 aromatic heterocycles. The van der Waals surface area contributed by atoms with E-state index in [0.29, 0.717) is 0 Å². The van der Waals surface area contributed by atoms with Crippen LogP contribution in [0.25, 0.3) is 22.0 Å². The molecule has 0 aliphatic carbocycles. The second kappa shape index (κ2) is 6.71. The summed E-state index contributed by atoms with van der Waals surface area (Å²) in [5.74, 6) is -0.213. The number of likely N-dealkylation sites (N-methyl/N-ethyl adjacent to an activating group) is 1. The van der Waals surface area contributed by atoms with Crippen molar-refractivity contribution in [1.82, 2.24) is 4.57 Å². The first-order valence-electron chi connectivity index (χ1n) is 9.11. The summed E-state index contributed by atoms with van der Waals surface area (Å²) >= 11 is 3.74. The van der Waals surface area contributed by atoms with Crippen LogP contribution in [0.3, 0.4) is 0 Å². The number of benzene rings is 2. The highest BCUT2D eigenvalue weighted by Crippen LogP contribution is 2.45. The van der Waals surface area contributed by atoms with Crippen molar-refractivity contribution in [3.63, 3.8) is 0 Å². The van der Waals surface area contributed by atoms with Gasteiger partial charge < -0.3 is 14.2 Å². The van der Waals surface area contributed by atoms with E-state index >= 15 is 0 Å². The first-order chi connectivity index (χ1) is 12.9. The number of aryl methyl sites for hydroxylation is 1. The average Bonchev–Trinajstić information content (AvgIpc) is 2.98. The molecule has 27 heavy (non-hydrogen) atoms. The topological polar surface area (TPSA) is 34.5 Å². The summed E-state index contributed by atoms with van der Waals surface area (Å²) in [6.07, 6.45) is 0.269. The van der Waals surface area contributed by atoms with E-state index in [-0.39, 0.29) is 12.4 Å². The van der Waals surface area contributed by atoms with E-state index < -0.39 is 0 Å². The lowest BCUT2D eigenvalue weighted by molar-refractivity contribution is -0.139. The Labute approximate surface area is 167 Å². The largest absolute Gasteiger partial charge is 0.469 e. The van der Waals surface area contributed by atoms with E-state index in [0.717, 1.165) is 39.9 Å². The Morgan fingerprint density at radius 2 is 1.89 bits per heavy atom. The van der Waals surface area contributed by atoms with Gasteiger partial charge in [-0.3, -0.25) is 4.79 Å². The fraction of sp³-hybridized carbons (Fsp3) is 0.318. The predicted octanol–water partition coefficient (Wildman–Crippen LogP) is 4.85. The second-order valence-electron chi connectivity index (χ2n) is 7.25. The molecule has 0 radical (unpaired) electrons. The molecule has 140 valence electrons. The maximum Gasteiger partial charge on any atom is 0.310 e. The van der Waals surface area contributed by atoms with Gasteiger partial charge in [0, 0.05) is 25.5 Å². The van der Waals surface area contributed by atoms with Crippen molar-refractivity contribution < 1.29 is 9.53 Å². The first-order valence-corrected chi connectivity index (χ1v) is 9.90. The highest BCUT2D eigenvalue weighted by atomic mass is 79.9. The van der Waals surface area contributed by atoms with E-state index in [9.17, 15) is 4.79 Å². The van der Waals surface area contributed by atoms with Crippen LogP contribution in [0.15, 0.2) is 34.9 Å². The van der Waals surface area contributed by atoms with Crippen LogP contribution in [0.1, 0.15) is 16.7 Å². The zero-order valence-corrected chi connectivity index (χ0v) is 17.7. The van der Waals surface area contributed by atoms with Crippen molar-refractivity contribution in [1.29, 1.82) is 0 Å². The molecule has 4 rings (SSSR count). The van der Waals surface area contributed by atoms with Crippen LogP contribution < -0.4 is 4.90 Å². The van der Waals surface area contributed by atoms with Gasteiger partial charge in [0.05, 0.1) is 29.3 Å². The van der Waals surface area contributed by atoms with Crippen LogP contribution in [0.4, 0.5) is 5.69 Å². The average molecular weight is 427 g/mol. The van der Waals surface area contributed by atoms with E-state index in [1.807, 2.05) is 0 Å². The Bertz CT molecular complexity index is 1050. The fourth-order valence-corrected chi connectivity index (χ4v) is 4.75. The van der Waals surface area contributed by atoms with Gasteiger partial charge in [0.1, 0.15) is 0 Å². The number of nitrogens with zero attached hydrogens (tertiary/aromatic N) is 2. The molecule has 0 N–H and O–H groups in total. The number of hydrogen-bond donors (Lipinski definition) is 0. The SMILES string of the molecule is COC(=O)Cc1c(C)c2c3c(cc(Br)n3CCN2C)c1-c1ccc(C)cc1. The monoisotopic (exact) mass is 426 g/mol. The number of methoxy groups -OCH3 is 1. The number of hydrogen-bond acceptors (Lipinski definition) is 3. The molecular formula is C22H23BrN2O2. The number of halogens is 1. The standard InChI is InChI=1S/C22H23BrN2O2/c1-13-5-7-15(8-6-13)20-16(12-19(26)27-4)14(2)21-22-17(20)11-18(23)25(22)10-9-24(21)3/h5-8,11H,9-10,12H2,1-4H3. The van der Waals surface area contributed by atoms with Crippen LogP contribution in [0, 0.1) is 13.8 Å². The molecule has 4 nitrogen and oxygen atoms in total. The highest BCUT2D eigenvalue weighted by Gasteiger charge is 2.27. The molecule has 0 saturated heterocycles. The molecule has 0 unspecified atom stereocenters. The fourth-order valence-electron chi connectivity index (χ4n) is 4.17. The summed E-state index contributed by atoms with van der Waals surface area (Å²) in [5, 5.41) is 1.18. The van der Waals surface area contributed by atoms with E-state index in [2.05, 4.69) is 76.6 Å². The molecule has 5 heteroatoms. The molecule has 0 amide bonds. The van der Waals surface area contributed by atoms with Gasteiger partial charge in [-0.25, -0.2) is 0 Å². The van der Waals surface area contributed by atoms with Crippen LogP contribution in [0.5, 0.6) is 0 Å². The number of aromatic nitrogens is 1. The number of anilines is 1. The maximum atomic E-state index is 12.2. The van der Waals surface area contributed by atoms with Gasteiger partial charge in [0.25, 0.3) is 0 Å². The summed E-state index contributed by atoms with van der Waals surface area (Å²) in [6.45, 7) is 6.09. The molecule has 1 aliphatic rings. The third kappa shape index (κ3) is 2.85. The summed E-state index contributed by atoms with van der Waals surface area (Å²) < 4.78 is 8.42. The minimum Gasteiger partial charge on any atom is -0.469 e. The molecule has 2 aromatic carbocycles. The number of rotatable bonds is 3. The van der Waals surface area contributed by atoms with Crippen molar-refractivity contribution >= 4 is 38.5 Å². The molecule has 2 heterocycles. The van der Waals surface area contributed by atoms with Crippen molar-refractivity contribution in [3.05, 3.63) is 51.6 Å². The van der Waals surface area contributed by atoms with Crippen LogP contribution in [-0.2, 0) is 22.5 Å². The number of carbonyl (C=O) groups excluding carboxylic acids is 1. The summed E-state index contributed by atoms with van der Waals surface area (Å²) in [6, 6.07) is 10.7. The van der Waals surface area contributed by atoms with Gasteiger partial charge in [0.15, 0.2) is 0 Å². The van der Waals surface area contributed by atoms with Gasteiger partial charge in [-0.15, -0.1) is 0 Å². The number of ether oxygens (including phenoxy) is 1. The number of esters is 1. The molecule has 0 fully saturated rings. The zero-order chi connectivity index (χ0) is 19.3. The Balaban J connectivity index is 2.12. The van der Waals surface area contributed by atoms with Crippen LogP contribution in [-0.4, -0.2) is 31.2 Å². The van der Waals surface area contributed by atoms with Crippen LogP contribution in [0.2, 0.25) is 0 Å². The molecule has 0 atom stereocenters. The third-order valence-corrected chi connectivity index (χ3v) is 6.24. The molecular weight excluding hydrogens is 404 g/mol. The quantitative estimate of drug-likeness (QED) is 0.561. The van der Waals surface area contributed by atoms with Gasteiger partial charge in [-0.1, -0.05) is 29.8 Å². The summed E-state index contributed by atoms with van der Waals surface area (Å²) in [4.78, 5) is 14.5. The molecule has 0 saturated carbocycles. The van der Waals surface area contributed by atoms with Crippen LogP contribution >= 0.6 is 15.9 Å². The Morgan fingerprint density at radius 3 is 2.56 bits per heavy atom. The normalized spacial score (nSPS) is 13.3. The lowest BCUT2D eigenvalue weighted by Crippen LogP contribution is -2.29. The highest BCUT2D eigenvalue weighted by molar-refractivity contribution is 9.10. The zero-order valence-electron chi connectivity index (χ0n) is 16.1. The van der Waals surface area contributed by atoms with E-state index in [1.54, 1.807) is 0 Å². The van der Waals surface area contributed by atoms with Crippen molar-refractivity contribution in [3.8, 4) is 11.1 Å². The van der Waals surface area contributed by atoms with E-state index in [4.69, 9.17) is 4.74 Å². The molecule has 0 bridgehead atoms. The minimum absolute atomic E-state index is 0.213. The van der Waals surface area contributed by atoms with Gasteiger partial charge >= 0.3 is 5.97 Å². The van der Waals surface area contributed by atoms with Crippen molar-refractivity contribution in [2.45, 2.75) is 26.8 Å². The van der Waals surface area contributed by atoms with Crippen molar-refractivity contribution in [2.75, 3.05) is 25.6 Å². The second-order valence-corrected chi connectivity index (χ2v) is 8.06. The van der Waals surface area contributed by atoms with Gasteiger partial charge in [-0.05, 0) is 58.1 Å². The summed E-state index contributed by atoms with van der Waals surface area (Å²) in [7, 11) is 3.57. The lowest BCUT2D eigenvalue weighted by Gasteiger charge is -2.31. The Hall–Kier alpha value is -2.27. The minimum atomic E-state index is -0.213. The first kappa shape index (κ1) is 18.1. The third-order valence-electron chi connectivity index (χ3n) is 5.58. The smallest absolute Gasteiger partial charge is 0.310 e. The van der Waals surface area contributed by atoms with Gasteiger partial charge in [0.2, 0.25) is 0 Å². The lowest BCUT2D eigenvalue weighted by atomic mass is 9.88. The van der Waals surface area contributed by atoms with Crippen molar-refractivity contribution in [2.24, 2.45) is 0 Å². The molecule has 0 spiro atoms. The molecule has 3 aromatic rings. The summed E-state index contributed by atoms with van der Waals surface area (Å²) in [5.41, 5.74) is 8.12.